The van der Waals surface area contributed by atoms with Gasteiger partial charge < -0.3 is 15.0 Å². The van der Waals surface area contributed by atoms with Gasteiger partial charge in [-0.3, -0.25) is 0 Å². The fourth-order valence-corrected chi connectivity index (χ4v) is 4.29. The van der Waals surface area contributed by atoms with Gasteiger partial charge in [-0.15, -0.1) is 11.3 Å². The molecule has 7 heteroatoms. The second-order valence-electron chi connectivity index (χ2n) is 6.94. The second kappa shape index (κ2) is 8.67. The zero-order valence-electron chi connectivity index (χ0n) is 17.0. The molecule has 0 unspecified atom stereocenters. The van der Waals surface area contributed by atoms with E-state index in [4.69, 9.17) is 4.74 Å². The van der Waals surface area contributed by atoms with Crippen LogP contribution in [-0.2, 0) is 17.8 Å². The number of aryl methyl sites for hydroxylation is 2. The van der Waals surface area contributed by atoms with Crippen LogP contribution in [0.5, 0.6) is 0 Å². The van der Waals surface area contributed by atoms with Gasteiger partial charge in [0.15, 0.2) is 0 Å². The van der Waals surface area contributed by atoms with E-state index < -0.39 is 0 Å². The van der Waals surface area contributed by atoms with Gasteiger partial charge in [0.25, 0.3) is 0 Å². The summed E-state index contributed by atoms with van der Waals surface area (Å²) >= 11 is 1.36. The Balaban J connectivity index is 1.95. The van der Waals surface area contributed by atoms with Crippen LogP contribution in [0.1, 0.15) is 39.1 Å². The van der Waals surface area contributed by atoms with Crippen molar-refractivity contribution in [2.75, 3.05) is 26.0 Å². The molecule has 28 heavy (non-hydrogen) atoms. The molecule has 2 aromatic heterocycles. The molecule has 0 aliphatic rings. The normalized spacial score (nSPS) is 11.2. The van der Waals surface area contributed by atoms with E-state index in [1.807, 2.05) is 26.8 Å². The number of rotatable bonds is 7. The van der Waals surface area contributed by atoms with Gasteiger partial charge in [-0.2, -0.15) is 0 Å². The Bertz CT molecular complexity index is 997. The molecule has 0 spiro atoms. The Labute approximate surface area is 169 Å². The highest BCUT2D eigenvalue weighted by molar-refractivity contribution is 7.20. The standard InChI is InChI=1S/C21H26N4O2S/c1-6-27-21(26)18-13(2)17-19(23-14(3)24-20(17)28-18)22-11-15-9-7-8-10-16(15)12-25(4)5/h7-10H,6,11-12H2,1-5H3,(H,22,23,24). The minimum absolute atomic E-state index is 0.303. The summed E-state index contributed by atoms with van der Waals surface area (Å²) in [5, 5.41) is 4.36. The van der Waals surface area contributed by atoms with Crippen LogP contribution in [0.2, 0.25) is 0 Å². The van der Waals surface area contributed by atoms with Crippen LogP contribution in [0.4, 0.5) is 5.82 Å². The molecule has 1 N–H and O–H groups in total. The summed E-state index contributed by atoms with van der Waals surface area (Å²) in [6.45, 7) is 7.48. The molecule has 148 valence electrons. The summed E-state index contributed by atoms with van der Waals surface area (Å²) in [6.07, 6.45) is 0. The predicted molar refractivity (Wildman–Crippen MR) is 114 cm³/mol. The summed E-state index contributed by atoms with van der Waals surface area (Å²) in [5.41, 5.74) is 3.36. The van der Waals surface area contributed by atoms with Gasteiger partial charge in [-0.25, -0.2) is 14.8 Å². The molecule has 0 aliphatic carbocycles. The highest BCUT2D eigenvalue weighted by Crippen LogP contribution is 2.34. The molecule has 0 bridgehead atoms. The molecule has 0 fully saturated rings. The number of nitrogens with zero attached hydrogens (tertiary/aromatic N) is 3. The number of fused-ring (bicyclic) bond motifs is 1. The lowest BCUT2D eigenvalue weighted by Crippen LogP contribution is -2.14. The minimum Gasteiger partial charge on any atom is -0.462 e. The van der Waals surface area contributed by atoms with Crippen molar-refractivity contribution in [1.82, 2.24) is 14.9 Å². The number of hydrogen-bond donors (Lipinski definition) is 1. The molecule has 1 aromatic carbocycles. The molecule has 0 atom stereocenters. The van der Waals surface area contributed by atoms with Gasteiger partial charge in [0.1, 0.15) is 21.3 Å². The highest BCUT2D eigenvalue weighted by atomic mass is 32.1. The smallest absolute Gasteiger partial charge is 0.348 e. The third-order valence-corrected chi connectivity index (χ3v) is 5.58. The van der Waals surface area contributed by atoms with Crippen molar-refractivity contribution in [2.24, 2.45) is 0 Å². The lowest BCUT2D eigenvalue weighted by Gasteiger charge is -2.15. The summed E-state index contributed by atoms with van der Waals surface area (Å²) in [6, 6.07) is 8.38. The average Bonchev–Trinajstić information content (AvgIpc) is 2.97. The summed E-state index contributed by atoms with van der Waals surface area (Å²) in [7, 11) is 4.13. The van der Waals surface area contributed by atoms with Gasteiger partial charge in [-0.05, 0) is 51.6 Å². The number of carbonyl (C=O) groups excluding carboxylic acids is 1. The second-order valence-corrected chi connectivity index (χ2v) is 7.94. The van der Waals surface area contributed by atoms with Crippen molar-refractivity contribution in [3.8, 4) is 0 Å². The topological polar surface area (TPSA) is 67.3 Å². The number of aromatic nitrogens is 2. The Morgan fingerprint density at radius 2 is 1.89 bits per heavy atom. The fourth-order valence-electron chi connectivity index (χ4n) is 3.17. The van der Waals surface area contributed by atoms with Gasteiger partial charge >= 0.3 is 5.97 Å². The SMILES string of the molecule is CCOC(=O)c1sc2nc(C)nc(NCc3ccccc3CN(C)C)c2c1C. The molecular formula is C21H26N4O2S. The largest absolute Gasteiger partial charge is 0.462 e. The molecule has 3 aromatic rings. The van der Waals surface area contributed by atoms with Gasteiger partial charge in [0.2, 0.25) is 0 Å². The average molecular weight is 399 g/mol. The molecule has 0 aliphatic heterocycles. The van der Waals surface area contributed by atoms with Crippen LogP contribution < -0.4 is 5.32 Å². The highest BCUT2D eigenvalue weighted by Gasteiger charge is 2.21. The van der Waals surface area contributed by atoms with Crippen molar-refractivity contribution in [1.29, 1.82) is 0 Å². The Hall–Kier alpha value is -2.51. The number of esters is 1. The van der Waals surface area contributed by atoms with Crippen molar-refractivity contribution < 1.29 is 9.53 Å². The van der Waals surface area contributed by atoms with Crippen LogP contribution in [0.25, 0.3) is 10.2 Å². The van der Waals surface area contributed by atoms with Crippen molar-refractivity contribution in [3.63, 3.8) is 0 Å². The Morgan fingerprint density at radius 1 is 1.18 bits per heavy atom. The number of ether oxygens (including phenoxy) is 1. The van der Waals surface area contributed by atoms with Gasteiger partial charge in [0.05, 0.1) is 12.0 Å². The van der Waals surface area contributed by atoms with E-state index in [0.29, 0.717) is 23.9 Å². The first-order chi connectivity index (χ1) is 13.4. The van der Waals surface area contributed by atoms with Crippen molar-refractivity contribution >= 4 is 33.3 Å². The lowest BCUT2D eigenvalue weighted by atomic mass is 10.1. The third-order valence-electron chi connectivity index (χ3n) is 4.41. The van der Waals surface area contributed by atoms with Crippen LogP contribution >= 0.6 is 11.3 Å². The molecule has 0 saturated carbocycles. The Kier molecular flexibility index (Phi) is 6.26. The molecule has 0 amide bonds. The number of hydrogen-bond acceptors (Lipinski definition) is 7. The monoisotopic (exact) mass is 398 g/mol. The molecule has 0 radical (unpaired) electrons. The van der Waals surface area contributed by atoms with Crippen LogP contribution in [0, 0.1) is 13.8 Å². The summed E-state index contributed by atoms with van der Waals surface area (Å²) < 4.78 is 5.19. The van der Waals surface area contributed by atoms with Gasteiger partial charge in [-0.1, -0.05) is 24.3 Å². The van der Waals surface area contributed by atoms with Crippen LogP contribution in [-0.4, -0.2) is 41.5 Å². The quantitative estimate of drug-likeness (QED) is 0.603. The fraction of sp³-hybridized carbons (Fsp3) is 0.381. The first-order valence-corrected chi connectivity index (χ1v) is 10.1. The molecule has 3 rings (SSSR count). The van der Waals surface area contributed by atoms with E-state index in [0.717, 1.165) is 28.1 Å². The molecule has 0 saturated heterocycles. The zero-order valence-corrected chi connectivity index (χ0v) is 17.8. The maximum Gasteiger partial charge on any atom is 0.348 e. The summed E-state index contributed by atoms with van der Waals surface area (Å²) in [5.74, 6) is 1.13. The zero-order chi connectivity index (χ0) is 20.3. The predicted octanol–water partition coefficient (Wildman–Crippen LogP) is 4.16. The van der Waals surface area contributed by atoms with Crippen LogP contribution in [0.3, 0.4) is 0 Å². The number of anilines is 1. The molecule has 6 nitrogen and oxygen atoms in total. The third kappa shape index (κ3) is 4.31. The first kappa shape index (κ1) is 20.2. The van der Waals surface area contributed by atoms with E-state index in [-0.39, 0.29) is 5.97 Å². The number of carbonyl (C=O) groups is 1. The minimum atomic E-state index is -0.303. The van der Waals surface area contributed by atoms with Crippen molar-refractivity contribution in [2.45, 2.75) is 33.9 Å². The van der Waals surface area contributed by atoms with E-state index >= 15 is 0 Å². The summed E-state index contributed by atoms with van der Waals surface area (Å²) in [4.78, 5) is 25.0. The Morgan fingerprint density at radius 3 is 2.57 bits per heavy atom. The number of benzene rings is 1. The first-order valence-electron chi connectivity index (χ1n) is 9.31. The molecule has 2 heterocycles. The van der Waals surface area contributed by atoms with E-state index in [9.17, 15) is 4.79 Å². The van der Waals surface area contributed by atoms with Gasteiger partial charge in [0, 0.05) is 13.1 Å². The van der Waals surface area contributed by atoms with Crippen molar-refractivity contribution in [3.05, 3.63) is 51.7 Å². The van der Waals surface area contributed by atoms with Crippen LogP contribution in [0.15, 0.2) is 24.3 Å². The maximum atomic E-state index is 12.3. The van der Waals surface area contributed by atoms with E-state index in [1.54, 1.807) is 0 Å². The van der Waals surface area contributed by atoms with E-state index in [2.05, 4.69) is 52.5 Å². The number of thiophene rings is 1. The molecular weight excluding hydrogens is 372 g/mol. The maximum absolute atomic E-state index is 12.3. The number of nitrogens with one attached hydrogen (secondary N) is 1. The lowest BCUT2D eigenvalue weighted by molar-refractivity contribution is 0.0531. The van der Waals surface area contributed by atoms with E-state index in [1.165, 1.54) is 22.5 Å².